The van der Waals surface area contributed by atoms with Crippen LogP contribution in [0, 0.1) is 13.8 Å². The molecule has 9 heteroatoms. The van der Waals surface area contributed by atoms with E-state index in [2.05, 4.69) is 26.0 Å². The summed E-state index contributed by atoms with van der Waals surface area (Å²) in [6, 6.07) is 10.1. The molecule has 1 amide bonds. The Morgan fingerprint density at radius 3 is 2.18 bits per heavy atom. The minimum Gasteiger partial charge on any atom is -0.467 e. The first-order valence-electron chi connectivity index (χ1n) is 13.5. The van der Waals surface area contributed by atoms with Crippen molar-refractivity contribution >= 4 is 19.4 Å². The molecule has 1 atom stereocenters. The van der Waals surface area contributed by atoms with E-state index in [9.17, 15) is 9.36 Å². The molecule has 1 unspecified atom stereocenters. The predicted molar refractivity (Wildman–Crippen MR) is 156 cm³/mol. The van der Waals surface area contributed by atoms with E-state index >= 15 is 0 Å². The van der Waals surface area contributed by atoms with Crippen LogP contribution in [0.15, 0.2) is 30.3 Å². The molecule has 0 saturated heterocycles. The number of benzene rings is 2. The Bertz CT molecular complexity index is 1130. The summed E-state index contributed by atoms with van der Waals surface area (Å²) in [6.45, 7) is 17.4. The summed E-state index contributed by atoms with van der Waals surface area (Å²) in [7, 11) is -1.73. The van der Waals surface area contributed by atoms with Gasteiger partial charge in [-0.3, -0.25) is 14.0 Å². The topological polar surface area (TPSA) is 83.5 Å². The maximum Gasteiger partial charge on any atom is 0.416 e. The molecule has 0 N–H and O–H groups in total. The van der Waals surface area contributed by atoms with Crippen LogP contribution in [0.3, 0.4) is 0 Å². The van der Waals surface area contributed by atoms with Gasteiger partial charge in [0, 0.05) is 19.0 Å². The van der Waals surface area contributed by atoms with Gasteiger partial charge in [-0.1, -0.05) is 32.9 Å². The fourth-order valence-corrected chi connectivity index (χ4v) is 5.26. The van der Waals surface area contributed by atoms with Gasteiger partial charge in [0.15, 0.2) is 6.79 Å². The molecule has 0 bridgehead atoms. The molecule has 39 heavy (non-hydrogen) atoms. The lowest BCUT2D eigenvalue weighted by Gasteiger charge is -2.29. The average molecular weight is 564 g/mol. The van der Waals surface area contributed by atoms with Gasteiger partial charge in [0.05, 0.1) is 6.61 Å². The van der Waals surface area contributed by atoms with E-state index in [4.69, 9.17) is 23.3 Å². The lowest BCUT2D eigenvalue weighted by molar-refractivity contribution is 0.0502. The number of nitrogens with zero attached hydrogens (tertiary/aromatic N) is 1. The van der Waals surface area contributed by atoms with Crippen LogP contribution in [0.1, 0.15) is 82.2 Å². The zero-order chi connectivity index (χ0) is 29.4. The SMILES string of the molecule is CCOP(=O)(CC)OCN(C(=O)OC(C)(C)C)c1cc(C)c(Cc2ccc(OCOC)c(C(C)C)c2)c(C)c1. The fourth-order valence-electron chi connectivity index (χ4n) is 4.13. The van der Waals surface area contributed by atoms with Crippen molar-refractivity contribution in [1.82, 2.24) is 0 Å². The second kappa shape index (κ2) is 14.3. The van der Waals surface area contributed by atoms with Crippen LogP contribution >= 0.6 is 7.60 Å². The third-order valence-corrected chi connectivity index (χ3v) is 8.05. The number of ether oxygens (including phenoxy) is 3. The minimum absolute atomic E-state index is 0.202. The van der Waals surface area contributed by atoms with E-state index in [1.54, 1.807) is 41.7 Å². The largest absolute Gasteiger partial charge is 0.467 e. The Morgan fingerprint density at radius 2 is 1.67 bits per heavy atom. The van der Waals surface area contributed by atoms with Gasteiger partial charge in [0.1, 0.15) is 18.1 Å². The maximum atomic E-state index is 13.2. The van der Waals surface area contributed by atoms with Gasteiger partial charge in [-0.05, 0) is 99.9 Å². The number of carbonyl (C=O) groups is 1. The molecule has 0 aliphatic carbocycles. The number of anilines is 1. The number of hydrogen-bond acceptors (Lipinski definition) is 7. The first kappa shape index (κ1) is 32.8. The van der Waals surface area contributed by atoms with Gasteiger partial charge in [-0.2, -0.15) is 0 Å². The molecule has 8 nitrogen and oxygen atoms in total. The van der Waals surface area contributed by atoms with E-state index in [1.165, 1.54) is 4.90 Å². The van der Waals surface area contributed by atoms with Gasteiger partial charge < -0.3 is 18.7 Å². The predicted octanol–water partition coefficient (Wildman–Crippen LogP) is 7.97. The lowest BCUT2D eigenvalue weighted by Crippen LogP contribution is -2.38. The summed E-state index contributed by atoms with van der Waals surface area (Å²) in [4.78, 5) is 14.6. The third-order valence-electron chi connectivity index (χ3n) is 6.11. The van der Waals surface area contributed by atoms with E-state index < -0.39 is 19.3 Å². The van der Waals surface area contributed by atoms with Crippen molar-refractivity contribution in [2.75, 3.05) is 38.3 Å². The standard InChI is InChI=1S/C30H46NO7P/c1-11-36-39(33,12-2)37-19-31(29(32)38-30(7,8)9)25-15-22(5)27(23(6)16-25)18-24-13-14-28(35-20-34-10)26(17-24)21(3)4/h13-17,21H,11-12,18-20H2,1-10H3. The molecule has 0 radical (unpaired) electrons. The average Bonchev–Trinajstić information content (AvgIpc) is 2.84. The molecule has 0 spiro atoms. The molecule has 0 aromatic heterocycles. The number of methoxy groups -OCH3 is 1. The van der Waals surface area contributed by atoms with Gasteiger partial charge in [0.2, 0.25) is 0 Å². The second-order valence-corrected chi connectivity index (χ2v) is 13.2. The lowest BCUT2D eigenvalue weighted by atomic mass is 9.92. The Balaban J connectivity index is 2.41. The summed E-state index contributed by atoms with van der Waals surface area (Å²) >= 11 is 0. The number of rotatable bonds is 13. The van der Waals surface area contributed by atoms with Gasteiger partial charge in [-0.25, -0.2) is 4.79 Å². The van der Waals surface area contributed by atoms with Crippen molar-refractivity contribution in [2.45, 2.75) is 80.3 Å². The molecule has 218 valence electrons. The maximum absolute atomic E-state index is 13.2. The van der Waals surface area contributed by atoms with Crippen molar-refractivity contribution < 1.29 is 32.6 Å². The van der Waals surface area contributed by atoms with Crippen LogP contribution < -0.4 is 9.64 Å². The normalized spacial score (nSPS) is 13.3. The molecule has 0 aliphatic heterocycles. The minimum atomic E-state index is -3.34. The van der Waals surface area contributed by atoms with Crippen molar-refractivity contribution in [1.29, 1.82) is 0 Å². The van der Waals surface area contributed by atoms with Crippen LogP contribution in [0.4, 0.5) is 10.5 Å². The van der Waals surface area contributed by atoms with E-state index in [1.807, 2.05) is 32.0 Å². The van der Waals surface area contributed by atoms with Gasteiger partial charge in [0.25, 0.3) is 0 Å². The van der Waals surface area contributed by atoms with E-state index in [0.29, 0.717) is 11.6 Å². The van der Waals surface area contributed by atoms with Crippen LogP contribution in [-0.2, 0) is 29.5 Å². The zero-order valence-electron chi connectivity index (χ0n) is 25.3. The molecular formula is C30H46NO7P. The van der Waals surface area contributed by atoms with Crippen molar-refractivity contribution in [2.24, 2.45) is 0 Å². The summed E-state index contributed by atoms with van der Waals surface area (Å²) in [6.07, 6.45) is 0.343. The molecule has 0 saturated carbocycles. The second-order valence-electron chi connectivity index (χ2n) is 10.8. The van der Waals surface area contributed by atoms with E-state index in [0.717, 1.165) is 40.0 Å². The third kappa shape index (κ3) is 9.64. The smallest absolute Gasteiger partial charge is 0.416 e. The number of amides is 1. The Hall–Kier alpha value is -2.38. The summed E-state index contributed by atoms with van der Waals surface area (Å²) < 4.78 is 40.5. The Kier molecular flexibility index (Phi) is 12.0. The van der Waals surface area contributed by atoms with Crippen molar-refractivity contribution in [3.63, 3.8) is 0 Å². The number of aryl methyl sites for hydroxylation is 2. The first-order valence-corrected chi connectivity index (χ1v) is 15.2. The highest BCUT2D eigenvalue weighted by Crippen LogP contribution is 2.48. The summed E-state index contributed by atoms with van der Waals surface area (Å²) in [5, 5.41) is 0. The highest BCUT2D eigenvalue weighted by Gasteiger charge is 2.29. The molecule has 2 aromatic carbocycles. The molecule has 0 aliphatic rings. The van der Waals surface area contributed by atoms with Gasteiger partial charge >= 0.3 is 13.7 Å². The van der Waals surface area contributed by atoms with E-state index in [-0.39, 0.29) is 26.3 Å². The molecule has 0 heterocycles. The Morgan fingerprint density at radius 1 is 1.03 bits per heavy atom. The summed E-state index contributed by atoms with van der Waals surface area (Å²) in [5.74, 6) is 1.11. The Labute approximate surface area is 234 Å². The van der Waals surface area contributed by atoms with Crippen LogP contribution in [0.2, 0.25) is 0 Å². The van der Waals surface area contributed by atoms with Crippen molar-refractivity contribution in [3.05, 3.63) is 58.1 Å². The molecule has 0 fully saturated rings. The quantitative estimate of drug-likeness (QED) is 0.181. The van der Waals surface area contributed by atoms with Crippen LogP contribution in [-0.4, -0.2) is 45.1 Å². The molecule has 2 rings (SSSR count). The monoisotopic (exact) mass is 563 g/mol. The fraction of sp³-hybridized carbons (Fsp3) is 0.567. The van der Waals surface area contributed by atoms with Crippen LogP contribution in [0.5, 0.6) is 5.75 Å². The summed E-state index contributed by atoms with van der Waals surface area (Å²) in [5.41, 5.74) is 5.39. The number of hydrogen-bond donors (Lipinski definition) is 0. The van der Waals surface area contributed by atoms with Crippen molar-refractivity contribution in [3.8, 4) is 5.75 Å². The highest BCUT2D eigenvalue weighted by atomic mass is 31.2. The molecule has 2 aromatic rings. The van der Waals surface area contributed by atoms with Gasteiger partial charge in [-0.15, -0.1) is 0 Å². The zero-order valence-corrected chi connectivity index (χ0v) is 26.1. The molecular weight excluding hydrogens is 517 g/mol. The highest BCUT2D eigenvalue weighted by molar-refractivity contribution is 7.53. The van der Waals surface area contributed by atoms with Crippen LogP contribution in [0.25, 0.3) is 0 Å². The first-order chi connectivity index (χ1) is 18.2. The number of carbonyl (C=O) groups excluding carboxylic acids is 1.